The maximum Gasteiger partial charge on any atom is 0.138 e. The first-order valence-electron chi connectivity index (χ1n) is 5.56. The molecule has 0 amide bonds. The summed E-state index contributed by atoms with van der Waals surface area (Å²) in [6.45, 7) is 6.29. The van der Waals surface area contributed by atoms with E-state index in [0.717, 1.165) is 0 Å². The van der Waals surface area contributed by atoms with E-state index in [0.29, 0.717) is 17.9 Å². The van der Waals surface area contributed by atoms with Crippen LogP contribution in [0, 0.1) is 24.1 Å². The second kappa shape index (κ2) is 5.65. The molecule has 0 spiro atoms. The lowest BCUT2D eigenvalue weighted by molar-refractivity contribution is 0.236. The van der Waals surface area contributed by atoms with Gasteiger partial charge in [-0.25, -0.2) is 4.39 Å². The second-order valence-electron chi connectivity index (χ2n) is 4.17. The number of nitriles is 1. The lowest BCUT2D eigenvalue weighted by Gasteiger charge is -2.22. The number of nitrogens with zero attached hydrogens (tertiary/aromatic N) is 1. The molecule has 0 fully saturated rings. The summed E-state index contributed by atoms with van der Waals surface area (Å²) >= 11 is 0. The number of halogens is 1. The van der Waals surface area contributed by atoms with E-state index in [-0.39, 0.29) is 12.4 Å². The summed E-state index contributed by atoms with van der Waals surface area (Å²) in [4.78, 5) is 0. The Morgan fingerprint density at radius 3 is 2.76 bits per heavy atom. The van der Waals surface area contributed by atoms with Crippen LogP contribution < -0.4 is 10.1 Å². The van der Waals surface area contributed by atoms with E-state index >= 15 is 0 Å². The van der Waals surface area contributed by atoms with Crippen LogP contribution >= 0.6 is 0 Å². The van der Waals surface area contributed by atoms with Crippen LogP contribution in [-0.2, 0) is 0 Å². The molecule has 0 aliphatic heterocycles. The topological polar surface area (TPSA) is 45.0 Å². The molecule has 17 heavy (non-hydrogen) atoms. The van der Waals surface area contributed by atoms with Crippen LogP contribution in [0.25, 0.3) is 0 Å². The van der Waals surface area contributed by atoms with Gasteiger partial charge in [0.25, 0.3) is 0 Å². The van der Waals surface area contributed by atoms with Gasteiger partial charge in [-0.15, -0.1) is 0 Å². The molecule has 1 rings (SSSR count). The standard InChI is InChI=1S/C13H17FN2O/c1-4-16-13(3,8-15)9-17-11-5-6-12(14)10(2)7-11/h5-7,16H,4,9H2,1-3H3. The summed E-state index contributed by atoms with van der Waals surface area (Å²) < 4.78 is 18.5. The number of likely N-dealkylation sites (N-methyl/N-ethyl adjacent to an activating group) is 1. The van der Waals surface area contributed by atoms with Crippen LogP contribution in [-0.4, -0.2) is 18.7 Å². The van der Waals surface area contributed by atoms with E-state index in [1.807, 2.05) is 6.92 Å². The highest BCUT2D eigenvalue weighted by molar-refractivity contribution is 5.29. The first kappa shape index (κ1) is 13.5. The summed E-state index contributed by atoms with van der Waals surface area (Å²) in [5.74, 6) is 0.315. The molecule has 1 unspecified atom stereocenters. The first-order chi connectivity index (χ1) is 8.00. The predicted molar refractivity (Wildman–Crippen MR) is 64.3 cm³/mol. The highest BCUT2D eigenvalue weighted by Crippen LogP contribution is 2.17. The highest BCUT2D eigenvalue weighted by Gasteiger charge is 2.23. The van der Waals surface area contributed by atoms with Crippen molar-refractivity contribution >= 4 is 0 Å². The fourth-order valence-corrected chi connectivity index (χ4v) is 1.45. The van der Waals surface area contributed by atoms with Gasteiger partial charge in [0.1, 0.15) is 23.7 Å². The van der Waals surface area contributed by atoms with Crippen LogP contribution in [0.1, 0.15) is 19.4 Å². The van der Waals surface area contributed by atoms with Crippen molar-refractivity contribution in [2.24, 2.45) is 0 Å². The zero-order chi connectivity index (χ0) is 12.9. The van der Waals surface area contributed by atoms with E-state index in [9.17, 15) is 4.39 Å². The van der Waals surface area contributed by atoms with Gasteiger partial charge in [-0.1, -0.05) is 6.92 Å². The number of rotatable bonds is 5. The van der Waals surface area contributed by atoms with Gasteiger partial charge in [-0.2, -0.15) is 5.26 Å². The van der Waals surface area contributed by atoms with Gasteiger partial charge in [-0.3, -0.25) is 5.32 Å². The van der Waals surface area contributed by atoms with Crippen molar-refractivity contribution in [3.8, 4) is 11.8 Å². The summed E-state index contributed by atoms with van der Waals surface area (Å²) in [6, 6.07) is 6.71. The molecule has 3 nitrogen and oxygen atoms in total. The average molecular weight is 236 g/mol. The first-order valence-corrected chi connectivity index (χ1v) is 5.56. The Balaban J connectivity index is 2.66. The minimum atomic E-state index is -0.725. The van der Waals surface area contributed by atoms with Gasteiger partial charge >= 0.3 is 0 Å². The lowest BCUT2D eigenvalue weighted by atomic mass is 10.1. The molecule has 0 aliphatic rings. The number of benzene rings is 1. The van der Waals surface area contributed by atoms with Crippen molar-refractivity contribution in [2.75, 3.05) is 13.2 Å². The molecule has 4 heteroatoms. The molecule has 0 aliphatic carbocycles. The molecule has 1 aromatic rings. The van der Waals surface area contributed by atoms with Crippen LogP contribution in [0.2, 0.25) is 0 Å². The van der Waals surface area contributed by atoms with Gasteiger partial charge in [0.05, 0.1) is 6.07 Å². The van der Waals surface area contributed by atoms with Gasteiger partial charge in [0.15, 0.2) is 0 Å². The Hall–Kier alpha value is -1.60. The van der Waals surface area contributed by atoms with E-state index < -0.39 is 5.54 Å². The van der Waals surface area contributed by atoms with Crippen molar-refractivity contribution in [2.45, 2.75) is 26.3 Å². The molecule has 0 radical (unpaired) electrons. The normalized spacial score (nSPS) is 13.8. The fraction of sp³-hybridized carbons (Fsp3) is 0.462. The quantitative estimate of drug-likeness (QED) is 0.853. The summed E-state index contributed by atoms with van der Waals surface area (Å²) in [5.41, 5.74) is -0.193. The average Bonchev–Trinajstić information content (AvgIpc) is 2.31. The molecule has 0 saturated heterocycles. The molecule has 1 N–H and O–H groups in total. The number of hydrogen-bond donors (Lipinski definition) is 1. The zero-order valence-electron chi connectivity index (χ0n) is 10.4. The SMILES string of the molecule is CCNC(C)(C#N)COc1ccc(F)c(C)c1. The van der Waals surface area contributed by atoms with Crippen LogP contribution in [0.3, 0.4) is 0 Å². The van der Waals surface area contributed by atoms with Gasteiger partial charge in [-0.05, 0) is 44.2 Å². The van der Waals surface area contributed by atoms with Gasteiger partial charge in [0, 0.05) is 0 Å². The number of ether oxygens (including phenoxy) is 1. The van der Waals surface area contributed by atoms with E-state index in [2.05, 4.69) is 11.4 Å². The summed E-state index contributed by atoms with van der Waals surface area (Å²) in [7, 11) is 0. The molecule has 1 atom stereocenters. The van der Waals surface area contributed by atoms with Gasteiger partial charge in [0.2, 0.25) is 0 Å². The predicted octanol–water partition coefficient (Wildman–Crippen LogP) is 2.40. The fourth-order valence-electron chi connectivity index (χ4n) is 1.45. The van der Waals surface area contributed by atoms with E-state index in [4.69, 9.17) is 10.00 Å². The summed E-state index contributed by atoms with van der Waals surface area (Å²) in [5, 5.41) is 12.1. The highest BCUT2D eigenvalue weighted by atomic mass is 19.1. The Labute approximate surface area is 101 Å². The minimum absolute atomic E-state index is 0.225. The zero-order valence-corrected chi connectivity index (χ0v) is 10.4. The largest absolute Gasteiger partial charge is 0.491 e. The molecule has 0 heterocycles. The van der Waals surface area contributed by atoms with Crippen molar-refractivity contribution in [3.63, 3.8) is 0 Å². The van der Waals surface area contributed by atoms with Crippen molar-refractivity contribution in [3.05, 3.63) is 29.6 Å². The smallest absolute Gasteiger partial charge is 0.138 e. The third kappa shape index (κ3) is 3.72. The van der Waals surface area contributed by atoms with E-state index in [1.165, 1.54) is 6.07 Å². The molecule has 0 saturated carbocycles. The van der Waals surface area contributed by atoms with Crippen LogP contribution in [0.15, 0.2) is 18.2 Å². The van der Waals surface area contributed by atoms with Crippen LogP contribution in [0.5, 0.6) is 5.75 Å². The molecular weight excluding hydrogens is 219 g/mol. The Bertz CT molecular complexity index is 428. The Kier molecular flexibility index (Phi) is 4.47. The number of hydrogen-bond acceptors (Lipinski definition) is 3. The monoisotopic (exact) mass is 236 g/mol. The molecule has 92 valence electrons. The third-order valence-electron chi connectivity index (χ3n) is 2.47. The van der Waals surface area contributed by atoms with Crippen molar-refractivity contribution in [1.29, 1.82) is 5.26 Å². The molecule has 1 aromatic carbocycles. The van der Waals surface area contributed by atoms with Gasteiger partial charge < -0.3 is 4.74 Å². The van der Waals surface area contributed by atoms with Crippen molar-refractivity contribution < 1.29 is 9.13 Å². The number of aryl methyl sites for hydroxylation is 1. The maximum atomic E-state index is 13.0. The summed E-state index contributed by atoms with van der Waals surface area (Å²) in [6.07, 6.45) is 0. The maximum absolute atomic E-state index is 13.0. The Morgan fingerprint density at radius 1 is 1.53 bits per heavy atom. The second-order valence-corrected chi connectivity index (χ2v) is 4.17. The van der Waals surface area contributed by atoms with Crippen LogP contribution in [0.4, 0.5) is 4.39 Å². The van der Waals surface area contributed by atoms with Crippen molar-refractivity contribution in [1.82, 2.24) is 5.32 Å². The Morgan fingerprint density at radius 2 is 2.24 bits per heavy atom. The lowest BCUT2D eigenvalue weighted by Crippen LogP contribution is -2.46. The molecule has 0 aromatic heterocycles. The molecule has 0 bridgehead atoms. The third-order valence-corrected chi connectivity index (χ3v) is 2.47. The molecular formula is C13H17FN2O. The number of nitrogens with one attached hydrogen (secondary N) is 1. The van der Waals surface area contributed by atoms with E-state index in [1.54, 1.807) is 26.0 Å². The minimum Gasteiger partial charge on any atom is -0.491 e.